The first-order valence-corrected chi connectivity index (χ1v) is 6.86. The Labute approximate surface area is 123 Å². The summed E-state index contributed by atoms with van der Waals surface area (Å²) in [5, 5.41) is 3.48. The van der Waals surface area contributed by atoms with Crippen molar-refractivity contribution in [1.29, 1.82) is 0 Å². The van der Waals surface area contributed by atoms with E-state index in [4.69, 9.17) is 16.3 Å². The summed E-state index contributed by atoms with van der Waals surface area (Å²) in [6.07, 6.45) is 1.97. The van der Waals surface area contributed by atoms with Crippen molar-refractivity contribution < 1.29 is 9.13 Å². The zero-order valence-corrected chi connectivity index (χ0v) is 12.2. The van der Waals surface area contributed by atoms with Crippen molar-refractivity contribution in [3.05, 3.63) is 58.6 Å². The van der Waals surface area contributed by atoms with Crippen LogP contribution in [0.25, 0.3) is 0 Å². The third kappa shape index (κ3) is 3.82. The lowest BCUT2D eigenvalue weighted by Gasteiger charge is -2.11. The van der Waals surface area contributed by atoms with Crippen LogP contribution < -0.4 is 5.32 Å². The number of rotatable bonds is 7. The monoisotopic (exact) mass is 296 g/mol. The van der Waals surface area contributed by atoms with Gasteiger partial charge in [0, 0.05) is 38.6 Å². The average molecular weight is 297 g/mol. The molecule has 0 fully saturated rings. The number of methoxy groups -OCH3 is 1. The molecule has 5 heteroatoms. The Morgan fingerprint density at radius 3 is 2.95 bits per heavy atom. The van der Waals surface area contributed by atoms with Crippen molar-refractivity contribution in [1.82, 2.24) is 9.88 Å². The summed E-state index contributed by atoms with van der Waals surface area (Å²) in [6, 6.07) is 8.90. The summed E-state index contributed by atoms with van der Waals surface area (Å²) in [4.78, 5) is 0. The third-order valence-corrected chi connectivity index (χ3v) is 3.51. The molecule has 0 amide bonds. The van der Waals surface area contributed by atoms with Gasteiger partial charge in [-0.25, -0.2) is 4.39 Å². The minimum absolute atomic E-state index is 0.194. The van der Waals surface area contributed by atoms with Crippen molar-refractivity contribution in [2.75, 3.05) is 20.3 Å². The second kappa shape index (κ2) is 7.43. The number of hydrogen-bond acceptors (Lipinski definition) is 2. The van der Waals surface area contributed by atoms with E-state index in [9.17, 15) is 4.39 Å². The largest absolute Gasteiger partial charge is 0.383 e. The minimum atomic E-state index is -0.379. The Bertz CT molecular complexity index is 557. The maximum atomic E-state index is 13.4. The lowest BCUT2D eigenvalue weighted by atomic mass is 10.2. The fraction of sp³-hybridized carbons (Fsp3) is 0.333. The Hall–Kier alpha value is -1.36. The van der Waals surface area contributed by atoms with E-state index in [-0.39, 0.29) is 10.8 Å². The van der Waals surface area contributed by atoms with E-state index in [1.165, 1.54) is 6.07 Å². The summed E-state index contributed by atoms with van der Waals surface area (Å²) in [7, 11) is 1.68. The molecular weight excluding hydrogens is 279 g/mol. The maximum absolute atomic E-state index is 13.4. The Kier molecular flexibility index (Phi) is 5.59. The van der Waals surface area contributed by atoms with Gasteiger partial charge < -0.3 is 14.6 Å². The fourth-order valence-corrected chi connectivity index (χ4v) is 2.19. The highest BCUT2D eigenvalue weighted by Crippen LogP contribution is 2.21. The molecule has 0 unspecified atom stereocenters. The van der Waals surface area contributed by atoms with Gasteiger partial charge >= 0.3 is 0 Å². The zero-order valence-electron chi connectivity index (χ0n) is 11.4. The van der Waals surface area contributed by atoms with E-state index < -0.39 is 0 Å². The second-order valence-electron chi connectivity index (χ2n) is 4.51. The molecule has 1 N–H and O–H groups in total. The predicted molar refractivity (Wildman–Crippen MR) is 78.5 cm³/mol. The van der Waals surface area contributed by atoms with E-state index >= 15 is 0 Å². The van der Waals surface area contributed by atoms with E-state index in [1.807, 2.05) is 24.4 Å². The molecule has 0 aliphatic carbocycles. The van der Waals surface area contributed by atoms with Crippen LogP contribution >= 0.6 is 11.6 Å². The lowest BCUT2D eigenvalue weighted by molar-refractivity contribution is 0.199. The highest BCUT2D eigenvalue weighted by molar-refractivity contribution is 6.31. The first-order chi connectivity index (χ1) is 9.72. The van der Waals surface area contributed by atoms with E-state index in [0.717, 1.165) is 24.3 Å². The van der Waals surface area contributed by atoms with E-state index in [1.54, 1.807) is 13.2 Å². The van der Waals surface area contributed by atoms with Crippen molar-refractivity contribution in [3.8, 4) is 0 Å². The SMILES string of the molecule is COCCNCc1cccn1Cc1cccc(F)c1Cl. The minimum Gasteiger partial charge on any atom is -0.383 e. The van der Waals surface area contributed by atoms with Gasteiger partial charge in [0.15, 0.2) is 0 Å². The molecule has 0 atom stereocenters. The number of ether oxygens (including phenoxy) is 1. The highest BCUT2D eigenvalue weighted by Gasteiger charge is 2.08. The molecule has 0 spiro atoms. The number of hydrogen-bond donors (Lipinski definition) is 1. The molecule has 0 aliphatic rings. The smallest absolute Gasteiger partial charge is 0.142 e. The molecule has 0 aliphatic heterocycles. The number of aromatic nitrogens is 1. The highest BCUT2D eigenvalue weighted by atomic mass is 35.5. The van der Waals surface area contributed by atoms with E-state index in [0.29, 0.717) is 13.2 Å². The zero-order chi connectivity index (χ0) is 14.4. The molecular formula is C15H18ClFN2O. The summed E-state index contributed by atoms with van der Waals surface area (Å²) in [6.45, 7) is 2.77. The van der Waals surface area contributed by atoms with Gasteiger partial charge in [-0.3, -0.25) is 0 Å². The normalized spacial score (nSPS) is 10.9. The van der Waals surface area contributed by atoms with Gasteiger partial charge in [-0.15, -0.1) is 0 Å². The number of benzene rings is 1. The van der Waals surface area contributed by atoms with Crippen LogP contribution in [-0.2, 0) is 17.8 Å². The molecule has 2 aromatic rings. The molecule has 0 bridgehead atoms. The molecule has 108 valence electrons. The lowest BCUT2D eigenvalue weighted by Crippen LogP contribution is -2.20. The van der Waals surface area contributed by atoms with Crippen molar-refractivity contribution in [2.45, 2.75) is 13.1 Å². The van der Waals surface area contributed by atoms with Crippen LogP contribution in [0.4, 0.5) is 4.39 Å². The fourth-order valence-electron chi connectivity index (χ4n) is 2.01. The topological polar surface area (TPSA) is 26.2 Å². The van der Waals surface area contributed by atoms with Gasteiger partial charge in [0.1, 0.15) is 5.82 Å². The molecule has 20 heavy (non-hydrogen) atoms. The molecule has 0 saturated heterocycles. The van der Waals surface area contributed by atoms with Crippen LogP contribution in [0.15, 0.2) is 36.5 Å². The molecule has 3 nitrogen and oxygen atoms in total. The van der Waals surface area contributed by atoms with E-state index in [2.05, 4.69) is 9.88 Å². The third-order valence-electron chi connectivity index (χ3n) is 3.08. The van der Waals surface area contributed by atoms with Crippen molar-refractivity contribution >= 4 is 11.6 Å². The Balaban J connectivity index is 2.03. The molecule has 1 aromatic carbocycles. The number of nitrogens with zero attached hydrogens (tertiary/aromatic N) is 1. The Morgan fingerprint density at radius 1 is 1.30 bits per heavy atom. The predicted octanol–water partition coefficient (Wildman–Crippen LogP) is 3.06. The van der Waals surface area contributed by atoms with Crippen LogP contribution in [0.1, 0.15) is 11.3 Å². The van der Waals surface area contributed by atoms with Crippen LogP contribution in [-0.4, -0.2) is 24.8 Å². The number of halogens is 2. The van der Waals surface area contributed by atoms with Crippen LogP contribution in [0.5, 0.6) is 0 Å². The summed E-state index contributed by atoms with van der Waals surface area (Å²) in [5.41, 5.74) is 1.91. The van der Waals surface area contributed by atoms with Crippen LogP contribution in [0.3, 0.4) is 0 Å². The van der Waals surface area contributed by atoms with Crippen molar-refractivity contribution in [2.24, 2.45) is 0 Å². The molecule has 0 saturated carbocycles. The van der Waals surface area contributed by atoms with Crippen LogP contribution in [0.2, 0.25) is 5.02 Å². The van der Waals surface area contributed by atoms with Gasteiger partial charge in [-0.05, 0) is 23.8 Å². The average Bonchev–Trinajstić information content (AvgIpc) is 2.87. The maximum Gasteiger partial charge on any atom is 0.142 e. The summed E-state index contributed by atoms with van der Waals surface area (Å²) >= 11 is 5.99. The first kappa shape index (κ1) is 15.0. The van der Waals surface area contributed by atoms with Gasteiger partial charge in [-0.1, -0.05) is 23.7 Å². The second-order valence-corrected chi connectivity index (χ2v) is 4.89. The van der Waals surface area contributed by atoms with Gasteiger partial charge in [0.2, 0.25) is 0 Å². The molecule has 2 rings (SSSR count). The van der Waals surface area contributed by atoms with Gasteiger partial charge in [0.25, 0.3) is 0 Å². The Morgan fingerprint density at radius 2 is 2.15 bits per heavy atom. The standard InChI is InChI=1S/C15H18ClFN2O/c1-20-9-7-18-10-13-5-3-8-19(13)11-12-4-2-6-14(17)15(12)16/h2-6,8,18H,7,9-11H2,1H3. The van der Waals surface area contributed by atoms with Crippen LogP contribution in [0, 0.1) is 5.82 Å². The molecule has 1 heterocycles. The first-order valence-electron chi connectivity index (χ1n) is 6.49. The molecule has 1 aromatic heterocycles. The van der Waals surface area contributed by atoms with Gasteiger partial charge in [0.05, 0.1) is 11.6 Å². The quantitative estimate of drug-likeness (QED) is 0.795. The van der Waals surface area contributed by atoms with Gasteiger partial charge in [-0.2, -0.15) is 0 Å². The number of nitrogens with one attached hydrogen (secondary N) is 1. The summed E-state index contributed by atoms with van der Waals surface area (Å²) in [5.74, 6) is -0.379. The summed E-state index contributed by atoms with van der Waals surface area (Å²) < 4.78 is 20.5. The van der Waals surface area contributed by atoms with Crippen molar-refractivity contribution in [3.63, 3.8) is 0 Å². The molecule has 0 radical (unpaired) electrons.